The summed E-state index contributed by atoms with van der Waals surface area (Å²) < 4.78 is 0. The maximum atomic E-state index is 5.72. The van der Waals surface area contributed by atoms with Crippen LogP contribution in [0.25, 0.3) is 0 Å². The average Bonchev–Trinajstić information content (AvgIpc) is 2.39. The molecule has 0 heterocycles. The van der Waals surface area contributed by atoms with Crippen molar-refractivity contribution in [1.82, 2.24) is 0 Å². The molecule has 0 aliphatic rings. The molecule has 94 valence electrons. The maximum absolute atomic E-state index is 5.72. The number of rotatable bonds is 4. The van der Waals surface area contributed by atoms with E-state index in [0.29, 0.717) is 5.92 Å². The number of benzene rings is 2. The van der Waals surface area contributed by atoms with Crippen molar-refractivity contribution in [2.75, 3.05) is 11.5 Å². The fraction of sp³-hybridized carbons (Fsp3) is 0.250. The summed E-state index contributed by atoms with van der Waals surface area (Å²) in [6, 6.07) is 16.3. The van der Waals surface area contributed by atoms with E-state index < -0.39 is 0 Å². The van der Waals surface area contributed by atoms with Crippen LogP contribution in [0, 0.1) is 0 Å². The van der Waals surface area contributed by atoms with Crippen molar-refractivity contribution in [3.8, 4) is 0 Å². The number of hydrogen-bond acceptors (Lipinski definition) is 2. The van der Waals surface area contributed by atoms with Crippen LogP contribution in [-0.4, -0.2) is 0 Å². The lowest BCUT2D eigenvalue weighted by Crippen LogP contribution is -2.02. The topological polar surface area (TPSA) is 52.0 Å². The normalized spacial score (nSPS) is 12.3. The Hall–Kier alpha value is -1.96. The van der Waals surface area contributed by atoms with Gasteiger partial charge in [0.05, 0.1) is 0 Å². The van der Waals surface area contributed by atoms with E-state index in [0.717, 1.165) is 24.2 Å². The lowest BCUT2D eigenvalue weighted by molar-refractivity contribution is 0.660. The quantitative estimate of drug-likeness (QED) is 0.802. The van der Waals surface area contributed by atoms with Gasteiger partial charge in [-0.3, -0.25) is 0 Å². The molecule has 0 aliphatic carbocycles. The largest absolute Gasteiger partial charge is 0.399 e. The molecule has 0 saturated carbocycles. The van der Waals surface area contributed by atoms with E-state index in [1.807, 2.05) is 24.3 Å². The van der Waals surface area contributed by atoms with Gasteiger partial charge in [0.1, 0.15) is 0 Å². The smallest absolute Gasteiger partial charge is 0.0314 e. The van der Waals surface area contributed by atoms with Gasteiger partial charge in [0.2, 0.25) is 0 Å². The highest BCUT2D eigenvalue weighted by molar-refractivity contribution is 5.42. The summed E-state index contributed by atoms with van der Waals surface area (Å²) >= 11 is 0. The first kappa shape index (κ1) is 12.5. The Bertz CT molecular complexity index is 486. The minimum absolute atomic E-state index is 0.536. The fourth-order valence-corrected chi connectivity index (χ4v) is 2.20. The van der Waals surface area contributed by atoms with Crippen LogP contribution in [-0.2, 0) is 6.42 Å². The molecule has 0 fully saturated rings. The molecule has 1 atom stereocenters. The van der Waals surface area contributed by atoms with Gasteiger partial charge in [0, 0.05) is 11.4 Å². The second-order valence-corrected chi connectivity index (χ2v) is 4.72. The predicted molar refractivity (Wildman–Crippen MR) is 78.4 cm³/mol. The highest BCUT2D eigenvalue weighted by atomic mass is 14.5. The summed E-state index contributed by atoms with van der Waals surface area (Å²) in [7, 11) is 0. The second-order valence-electron chi connectivity index (χ2n) is 4.72. The molecule has 18 heavy (non-hydrogen) atoms. The molecule has 0 bridgehead atoms. The summed E-state index contributed by atoms with van der Waals surface area (Å²) in [6.45, 7) is 2.22. The van der Waals surface area contributed by atoms with Crippen molar-refractivity contribution >= 4 is 11.4 Å². The van der Waals surface area contributed by atoms with Crippen LogP contribution < -0.4 is 11.5 Å². The molecule has 2 heteroatoms. The van der Waals surface area contributed by atoms with Crippen molar-refractivity contribution in [3.63, 3.8) is 0 Å². The molecule has 0 spiro atoms. The Balaban J connectivity index is 2.14. The zero-order valence-electron chi connectivity index (χ0n) is 10.8. The maximum Gasteiger partial charge on any atom is 0.0314 e. The van der Waals surface area contributed by atoms with Crippen LogP contribution in [0.5, 0.6) is 0 Å². The SMILES string of the molecule is CCC(Cc1ccc(N)cc1)c1ccc(N)cc1. The number of nitrogen functional groups attached to an aromatic ring is 2. The standard InChI is InChI=1S/C16H20N2/c1-2-13(14-5-9-16(18)10-6-14)11-12-3-7-15(17)8-4-12/h3-10,13H,2,11,17-18H2,1H3. The molecule has 2 nitrogen and oxygen atoms in total. The van der Waals surface area contributed by atoms with Crippen LogP contribution >= 0.6 is 0 Å². The van der Waals surface area contributed by atoms with E-state index in [1.165, 1.54) is 11.1 Å². The number of nitrogens with two attached hydrogens (primary N) is 2. The van der Waals surface area contributed by atoms with Gasteiger partial charge in [-0.05, 0) is 54.2 Å². The summed E-state index contributed by atoms with van der Waals surface area (Å²) in [5, 5.41) is 0. The third-order valence-electron chi connectivity index (χ3n) is 3.36. The minimum Gasteiger partial charge on any atom is -0.399 e. The Morgan fingerprint density at radius 2 is 1.33 bits per heavy atom. The Morgan fingerprint density at radius 1 is 0.833 bits per heavy atom. The van der Waals surface area contributed by atoms with Crippen molar-refractivity contribution in [2.24, 2.45) is 0 Å². The van der Waals surface area contributed by atoms with E-state index in [1.54, 1.807) is 0 Å². The zero-order valence-corrected chi connectivity index (χ0v) is 10.8. The molecule has 0 aromatic heterocycles. The van der Waals surface area contributed by atoms with Gasteiger partial charge in [-0.25, -0.2) is 0 Å². The van der Waals surface area contributed by atoms with E-state index in [2.05, 4.69) is 31.2 Å². The Kier molecular flexibility index (Phi) is 3.88. The molecule has 0 amide bonds. The summed E-state index contributed by atoms with van der Waals surface area (Å²) in [6.07, 6.45) is 2.16. The Labute approximate surface area is 109 Å². The van der Waals surface area contributed by atoms with Gasteiger partial charge in [-0.2, -0.15) is 0 Å². The van der Waals surface area contributed by atoms with Gasteiger partial charge >= 0.3 is 0 Å². The van der Waals surface area contributed by atoms with Gasteiger partial charge in [-0.15, -0.1) is 0 Å². The molecular formula is C16H20N2. The predicted octanol–water partition coefficient (Wildman–Crippen LogP) is 3.59. The molecule has 2 rings (SSSR count). The molecular weight excluding hydrogens is 220 g/mol. The van der Waals surface area contributed by atoms with E-state index >= 15 is 0 Å². The highest BCUT2D eigenvalue weighted by Crippen LogP contribution is 2.25. The first-order valence-electron chi connectivity index (χ1n) is 6.39. The number of anilines is 2. The molecule has 0 aliphatic heterocycles. The van der Waals surface area contributed by atoms with Crippen LogP contribution in [0.2, 0.25) is 0 Å². The highest BCUT2D eigenvalue weighted by Gasteiger charge is 2.10. The van der Waals surface area contributed by atoms with Crippen LogP contribution in [0.15, 0.2) is 48.5 Å². The summed E-state index contributed by atoms with van der Waals surface area (Å²) in [5.41, 5.74) is 15.7. The number of hydrogen-bond donors (Lipinski definition) is 2. The monoisotopic (exact) mass is 240 g/mol. The lowest BCUT2D eigenvalue weighted by Gasteiger charge is -2.16. The lowest BCUT2D eigenvalue weighted by atomic mass is 9.90. The second kappa shape index (κ2) is 5.58. The molecule has 0 saturated heterocycles. The van der Waals surface area contributed by atoms with E-state index in [9.17, 15) is 0 Å². The zero-order chi connectivity index (χ0) is 13.0. The van der Waals surface area contributed by atoms with Crippen LogP contribution in [0.3, 0.4) is 0 Å². The van der Waals surface area contributed by atoms with E-state index in [4.69, 9.17) is 11.5 Å². The van der Waals surface area contributed by atoms with Crippen LogP contribution in [0.4, 0.5) is 11.4 Å². The van der Waals surface area contributed by atoms with Gasteiger partial charge in [0.15, 0.2) is 0 Å². The van der Waals surface area contributed by atoms with Gasteiger partial charge in [-0.1, -0.05) is 31.2 Å². The first-order chi connectivity index (χ1) is 8.69. The van der Waals surface area contributed by atoms with Crippen molar-refractivity contribution in [2.45, 2.75) is 25.7 Å². The molecule has 2 aromatic rings. The summed E-state index contributed by atoms with van der Waals surface area (Å²) in [5.74, 6) is 0.536. The first-order valence-corrected chi connectivity index (χ1v) is 6.39. The van der Waals surface area contributed by atoms with Gasteiger partial charge < -0.3 is 11.5 Å². The molecule has 0 radical (unpaired) electrons. The molecule has 2 aromatic carbocycles. The Morgan fingerprint density at radius 3 is 1.83 bits per heavy atom. The summed E-state index contributed by atoms with van der Waals surface area (Å²) in [4.78, 5) is 0. The molecule has 4 N–H and O–H groups in total. The third-order valence-corrected chi connectivity index (χ3v) is 3.36. The fourth-order valence-electron chi connectivity index (χ4n) is 2.20. The van der Waals surface area contributed by atoms with E-state index in [-0.39, 0.29) is 0 Å². The third kappa shape index (κ3) is 3.04. The van der Waals surface area contributed by atoms with Gasteiger partial charge in [0.25, 0.3) is 0 Å². The molecule has 1 unspecified atom stereocenters. The minimum atomic E-state index is 0.536. The van der Waals surface area contributed by atoms with Crippen molar-refractivity contribution in [1.29, 1.82) is 0 Å². The van der Waals surface area contributed by atoms with Crippen LogP contribution in [0.1, 0.15) is 30.4 Å². The van der Waals surface area contributed by atoms with Crippen molar-refractivity contribution in [3.05, 3.63) is 59.7 Å². The van der Waals surface area contributed by atoms with Crippen molar-refractivity contribution < 1.29 is 0 Å². The average molecular weight is 240 g/mol.